The fraction of sp³-hybridized carbons (Fsp3) is 0.529. The fourth-order valence-electron chi connectivity index (χ4n) is 2.76. The van der Waals surface area contributed by atoms with Crippen molar-refractivity contribution in [3.8, 4) is 0 Å². The summed E-state index contributed by atoms with van der Waals surface area (Å²) in [6, 6.07) is 11.4. The summed E-state index contributed by atoms with van der Waals surface area (Å²) < 4.78 is 6.76. The average Bonchev–Trinajstić information content (AvgIpc) is 2.96. The van der Waals surface area contributed by atoms with Crippen LogP contribution in [0.25, 0.3) is 10.1 Å². The molecule has 0 radical (unpaired) electrons. The number of ether oxygens (including phenoxy) is 1. The minimum atomic E-state index is 0.437. The molecule has 2 aromatic rings. The van der Waals surface area contributed by atoms with E-state index in [-0.39, 0.29) is 0 Å². The highest BCUT2D eigenvalue weighted by Crippen LogP contribution is 2.29. The van der Waals surface area contributed by atoms with Gasteiger partial charge in [0.25, 0.3) is 0 Å². The Morgan fingerprint density at radius 2 is 2.10 bits per heavy atom. The third-order valence-electron chi connectivity index (χ3n) is 4.08. The number of hydrogen-bond acceptors (Lipinski definition) is 4. The lowest BCUT2D eigenvalue weighted by Crippen LogP contribution is -2.37. The zero-order valence-corrected chi connectivity index (χ0v) is 13.5. The molecule has 3 nitrogen and oxygen atoms in total. The lowest BCUT2D eigenvalue weighted by Gasteiger charge is -2.26. The van der Waals surface area contributed by atoms with E-state index in [0.29, 0.717) is 6.04 Å². The third-order valence-corrected chi connectivity index (χ3v) is 5.38. The molecule has 0 bridgehead atoms. The molecule has 1 aliphatic heterocycles. The summed E-state index contributed by atoms with van der Waals surface area (Å²) in [5.41, 5.74) is 0. The zero-order valence-electron chi connectivity index (χ0n) is 12.7. The second kappa shape index (κ2) is 7.36. The molecule has 1 fully saturated rings. The van der Waals surface area contributed by atoms with Crippen LogP contribution in [-0.2, 0) is 4.74 Å². The minimum Gasteiger partial charge on any atom is -0.379 e. The van der Waals surface area contributed by atoms with E-state index in [2.05, 4.69) is 47.5 Å². The molecule has 1 saturated heterocycles. The van der Waals surface area contributed by atoms with Gasteiger partial charge < -0.3 is 10.1 Å². The summed E-state index contributed by atoms with van der Waals surface area (Å²) in [4.78, 5) is 3.93. The Kier molecular flexibility index (Phi) is 5.25. The predicted octanol–water partition coefficient (Wildman–Crippen LogP) is 3.27. The number of morpholine rings is 1. The van der Waals surface area contributed by atoms with Crippen molar-refractivity contribution in [1.82, 2.24) is 10.2 Å². The largest absolute Gasteiger partial charge is 0.379 e. The van der Waals surface area contributed by atoms with E-state index < -0.39 is 0 Å². The minimum absolute atomic E-state index is 0.437. The third kappa shape index (κ3) is 4.04. The van der Waals surface area contributed by atoms with Gasteiger partial charge in [-0.15, -0.1) is 11.3 Å². The summed E-state index contributed by atoms with van der Waals surface area (Å²) >= 11 is 1.90. The number of thiophene rings is 1. The first-order valence-corrected chi connectivity index (χ1v) is 8.66. The van der Waals surface area contributed by atoms with Crippen LogP contribution in [-0.4, -0.2) is 44.3 Å². The number of nitrogens with zero attached hydrogens (tertiary/aromatic N) is 1. The molecule has 21 heavy (non-hydrogen) atoms. The van der Waals surface area contributed by atoms with Crippen molar-refractivity contribution in [2.24, 2.45) is 0 Å². The zero-order chi connectivity index (χ0) is 14.5. The fourth-order valence-corrected chi connectivity index (χ4v) is 3.85. The maximum atomic E-state index is 5.37. The molecular formula is C17H24N2OS. The average molecular weight is 304 g/mol. The van der Waals surface area contributed by atoms with E-state index in [0.717, 1.165) is 32.8 Å². The molecule has 1 aromatic carbocycles. The van der Waals surface area contributed by atoms with Gasteiger partial charge >= 0.3 is 0 Å². The molecule has 4 heteroatoms. The quantitative estimate of drug-likeness (QED) is 0.829. The Balaban J connectivity index is 1.44. The molecule has 0 amide bonds. The van der Waals surface area contributed by atoms with Gasteiger partial charge in [-0.3, -0.25) is 4.90 Å². The molecule has 1 unspecified atom stereocenters. The lowest BCUT2D eigenvalue weighted by molar-refractivity contribution is 0.0374. The van der Waals surface area contributed by atoms with Crippen molar-refractivity contribution in [3.63, 3.8) is 0 Å². The maximum absolute atomic E-state index is 5.37. The Bertz CT molecular complexity index is 530. The molecule has 1 aliphatic rings. The first kappa shape index (κ1) is 15.0. The van der Waals surface area contributed by atoms with Crippen molar-refractivity contribution < 1.29 is 4.74 Å². The molecular weight excluding hydrogens is 280 g/mol. The van der Waals surface area contributed by atoms with Gasteiger partial charge in [0.05, 0.1) is 13.2 Å². The number of hydrogen-bond donors (Lipinski definition) is 1. The van der Waals surface area contributed by atoms with Crippen molar-refractivity contribution in [1.29, 1.82) is 0 Å². The van der Waals surface area contributed by atoms with E-state index in [1.165, 1.54) is 27.9 Å². The SMILES string of the molecule is CC(NCCCN1CCOCC1)c1cc2ccccc2s1. The predicted molar refractivity (Wildman–Crippen MR) is 90.1 cm³/mol. The molecule has 1 N–H and O–H groups in total. The van der Waals surface area contributed by atoms with Gasteiger partial charge in [-0.25, -0.2) is 0 Å². The highest BCUT2D eigenvalue weighted by atomic mass is 32.1. The van der Waals surface area contributed by atoms with Gasteiger partial charge in [0.1, 0.15) is 0 Å². The summed E-state index contributed by atoms with van der Waals surface area (Å²) in [7, 11) is 0. The van der Waals surface area contributed by atoms with Crippen molar-refractivity contribution >= 4 is 21.4 Å². The van der Waals surface area contributed by atoms with E-state index >= 15 is 0 Å². The highest BCUT2D eigenvalue weighted by Gasteiger charge is 2.11. The van der Waals surface area contributed by atoms with Crippen LogP contribution in [0.2, 0.25) is 0 Å². The van der Waals surface area contributed by atoms with E-state index in [9.17, 15) is 0 Å². The Hall–Kier alpha value is -0.940. The van der Waals surface area contributed by atoms with E-state index in [4.69, 9.17) is 4.74 Å². The van der Waals surface area contributed by atoms with Crippen LogP contribution in [0.4, 0.5) is 0 Å². The first-order valence-electron chi connectivity index (χ1n) is 7.85. The Morgan fingerprint density at radius 1 is 1.29 bits per heavy atom. The van der Waals surface area contributed by atoms with Gasteiger partial charge in [-0.05, 0) is 44.0 Å². The molecule has 2 heterocycles. The van der Waals surface area contributed by atoms with E-state index in [1.807, 2.05) is 11.3 Å². The summed E-state index contributed by atoms with van der Waals surface area (Å²) in [5.74, 6) is 0. The van der Waals surface area contributed by atoms with Crippen LogP contribution < -0.4 is 5.32 Å². The summed E-state index contributed by atoms with van der Waals surface area (Å²) in [5, 5.41) is 5.01. The monoisotopic (exact) mass is 304 g/mol. The van der Waals surface area contributed by atoms with Crippen molar-refractivity contribution in [3.05, 3.63) is 35.2 Å². The van der Waals surface area contributed by atoms with Crippen LogP contribution in [0.5, 0.6) is 0 Å². The van der Waals surface area contributed by atoms with Gasteiger partial charge in [-0.1, -0.05) is 18.2 Å². The summed E-state index contributed by atoms with van der Waals surface area (Å²) in [6.07, 6.45) is 1.20. The van der Waals surface area contributed by atoms with Gasteiger partial charge in [-0.2, -0.15) is 0 Å². The molecule has 0 aliphatic carbocycles. The number of benzene rings is 1. The van der Waals surface area contributed by atoms with Gasteiger partial charge in [0.15, 0.2) is 0 Å². The summed E-state index contributed by atoms with van der Waals surface area (Å²) in [6.45, 7) is 8.48. The maximum Gasteiger partial charge on any atom is 0.0594 e. The normalized spacial score (nSPS) is 18.1. The molecule has 0 saturated carbocycles. The second-order valence-corrected chi connectivity index (χ2v) is 6.79. The lowest BCUT2D eigenvalue weighted by atomic mass is 10.2. The van der Waals surface area contributed by atoms with Crippen LogP contribution in [0.3, 0.4) is 0 Å². The van der Waals surface area contributed by atoms with E-state index in [1.54, 1.807) is 0 Å². The Morgan fingerprint density at radius 3 is 2.90 bits per heavy atom. The van der Waals surface area contributed by atoms with Crippen LogP contribution in [0.1, 0.15) is 24.3 Å². The first-order chi connectivity index (χ1) is 10.3. The smallest absolute Gasteiger partial charge is 0.0594 e. The highest BCUT2D eigenvalue weighted by molar-refractivity contribution is 7.19. The van der Waals surface area contributed by atoms with Crippen LogP contribution in [0.15, 0.2) is 30.3 Å². The Labute approximate surface area is 130 Å². The van der Waals surface area contributed by atoms with Crippen molar-refractivity contribution in [2.45, 2.75) is 19.4 Å². The van der Waals surface area contributed by atoms with Crippen molar-refractivity contribution in [2.75, 3.05) is 39.4 Å². The van der Waals surface area contributed by atoms with Gasteiger partial charge in [0, 0.05) is 28.7 Å². The van der Waals surface area contributed by atoms with Crippen LogP contribution >= 0.6 is 11.3 Å². The van der Waals surface area contributed by atoms with Crippen LogP contribution in [0, 0.1) is 0 Å². The molecule has 1 atom stereocenters. The second-order valence-electron chi connectivity index (χ2n) is 5.67. The number of rotatable bonds is 6. The van der Waals surface area contributed by atoms with Gasteiger partial charge in [0.2, 0.25) is 0 Å². The molecule has 1 aromatic heterocycles. The molecule has 3 rings (SSSR count). The standard InChI is InChI=1S/C17H24N2OS/c1-14(17-13-15-5-2-3-6-16(15)21-17)18-7-4-8-19-9-11-20-12-10-19/h2-3,5-6,13-14,18H,4,7-12H2,1H3. The molecule has 114 valence electrons. The molecule has 0 spiro atoms. The topological polar surface area (TPSA) is 24.5 Å². The number of nitrogens with one attached hydrogen (secondary N) is 1. The number of fused-ring (bicyclic) bond motifs is 1.